The summed E-state index contributed by atoms with van der Waals surface area (Å²) in [5, 5.41) is 2.63. The topological polar surface area (TPSA) is 64.6 Å². The molecule has 90 valence electrons. The van der Waals surface area contributed by atoms with Crippen LogP contribution in [-0.4, -0.2) is 24.9 Å². The van der Waals surface area contributed by atoms with E-state index in [-0.39, 0.29) is 11.7 Å². The van der Waals surface area contributed by atoms with Gasteiger partial charge in [0, 0.05) is 12.5 Å². The lowest BCUT2D eigenvalue weighted by Crippen LogP contribution is -2.18. The van der Waals surface area contributed by atoms with Crippen molar-refractivity contribution in [1.82, 2.24) is 0 Å². The first-order valence-electron chi connectivity index (χ1n) is 5.30. The smallest absolute Gasteiger partial charge is 0.221 e. The van der Waals surface area contributed by atoms with E-state index in [1.165, 1.54) is 13.8 Å². The molecule has 1 aliphatic rings. The average molecular weight is 235 g/mol. The van der Waals surface area contributed by atoms with Crippen molar-refractivity contribution in [1.29, 1.82) is 0 Å². The van der Waals surface area contributed by atoms with Gasteiger partial charge in [0.1, 0.15) is 13.2 Å². The third-order valence-electron chi connectivity index (χ3n) is 2.36. The number of ether oxygens (including phenoxy) is 2. The first-order valence-corrected chi connectivity index (χ1v) is 5.30. The summed E-state index contributed by atoms with van der Waals surface area (Å²) in [4.78, 5) is 22.4. The zero-order chi connectivity index (χ0) is 12.4. The molecule has 1 N–H and O–H groups in total. The van der Waals surface area contributed by atoms with Gasteiger partial charge in [-0.05, 0) is 19.1 Å². The maximum atomic E-state index is 11.4. The van der Waals surface area contributed by atoms with E-state index in [0.717, 1.165) is 0 Å². The summed E-state index contributed by atoms with van der Waals surface area (Å²) in [5.74, 6) is 0.666. The van der Waals surface area contributed by atoms with Crippen LogP contribution in [0.3, 0.4) is 0 Å². The first-order chi connectivity index (χ1) is 8.08. The Hall–Kier alpha value is -2.04. The number of anilines is 1. The normalized spacial score (nSPS) is 13.1. The van der Waals surface area contributed by atoms with Crippen molar-refractivity contribution >= 4 is 17.4 Å². The van der Waals surface area contributed by atoms with Crippen molar-refractivity contribution in [3.8, 4) is 11.5 Å². The van der Waals surface area contributed by atoms with Crippen LogP contribution in [0.15, 0.2) is 12.1 Å². The Morgan fingerprint density at radius 1 is 1.18 bits per heavy atom. The number of carbonyl (C=O) groups excluding carboxylic acids is 2. The fraction of sp³-hybridized carbons (Fsp3) is 0.333. The molecule has 0 fully saturated rings. The minimum atomic E-state index is -0.220. The molecule has 0 bridgehead atoms. The van der Waals surface area contributed by atoms with Gasteiger partial charge < -0.3 is 14.8 Å². The lowest BCUT2D eigenvalue weighted by Gasteiger charge is -2.21. The number of rotatable bonds is 2. The van der Waals surface area contributed by atoms with Crippen LogP contribution < -0.4 is 14.8 Å². The molecule has 0 unspecified atom stereocenters. The predicted octanol–water partition coefficient (Wildman–Crippen LogP) is 1.62. The van der Waals surface area contributed by atoms with E-state index in [1.54, 1.807) is 12.1 Å². The van der Waals surface area contributed by atoms with Crippen molar-refractivity contribution in [2.75, 3.05) is 18.5 Å². The Morgan fingerprint density at radius 3 is 2.53 bits per heavy atom. The predicted molar refractivity (Wildman–Crippen MR) is 61.7 cm³/mol. The molecule has 0 spiro atoms. The van der Waals surface area contributed by atoms with Gasteiger partial charge in [0.25, 0.3) is 0 Å². The summed E-state index contributed by atoms with van der Waals surface area (Å²) in [6, 6.07) is 3.22. The summed E-state index contributed by atoms with van der Waals surface area (Å²) >= 11 is 0. The van der Waals surface area contributed by atoms with Crippen LogP contribution >= 0.6 is 0 Å². The average Bonchev–Trinajstić information content (AvgIpc) is 2.28. The monoisotopic (exact) mass is 235 g/mol. The molecular weight excluding hydrogens is 222 g/mol. The van der Waals surface area contributed by atoms with Gasteiger partial charge in [-0.25, -0.2) is 0 Å². The number of ketones is 1. The third kappa shape index (κ3) is 2.38. The zero-order valence-electron chi connectivity index (χ0n) is 9.70. The number of carbonyl (C=O) groups is 2. The van der Waals surface area contributed by atoms with Gasteiger partial charge in [-0.2, -0.15) is 0 Å². The molecule has 0 saturated carbocycles. The number of benzene rings is 1. The minimum absolute atomic E-state index is 0.0893. The van der Waals surface area contributed by atoms with Crippen molar-refractivity contribution in [3.05, 3.63) is 17.7 Å². The van der Waals surface area contributed by atoms with Gasteiger partial charge >= 0.3 is 0 Å². The van der Waals surface area contributed by atoms with Crippen LogP contribution in [0, 0.1) is 0 Å². The van der Waals surface area contributed by atoms with E-state index in [2.05, 4.69) is 5.32 Å². The van der Waals surface area contributed by atoms with E-state index in [4.69, 9.17) is 9.47 Å². The highest BCUT2D eigenvalue weighted by atomic mass is 16.6. The Bertz CT molecular complexity index is 482. The van der Waals surface area contributed by atoms with Gasteiger partial charge in [-0.1, -0.05) is 0 Å². The number of amides is 1. The number of nitrogens with one attached hydrogen (secondary N) is 1. The van der Waals surface area contributed by atoms with E-state index in [9.17, 15) is 9.59 Å². The van der Waals surface area contributed by atoms with E-state index >= 15 is 0 Å². The van der Waals surface area contributed by atoms with Gasteiger partial charge in [0.2, 0.25) is 5.91 Å². The maximum absolute atomic E-state index is 11.4. The number of hydrogen-bond donors (Lipinski definition) is 1. The number of Topliss-reactive ketones (excluding diaryl/α,β-unsaturated/α-hetero) is 1. The Morgan fingerprint density at radius 2 is 1.88 bits per heavy atom. The van der Waals surface area contributed by atoms with E-state index in [0.29, 0.717) is 36.0 Å². The molecule has 2 rings (SSSR count). The molecule has 1 aromatic rings. The molecule has 0 saturated heterocycles. The highest BCUT2D eigenvalue weighted by molar-refractivity contribution is 5.98. The molecule has 1 aromatic carbocycles. The number of hydrogen-bond acceptors (Lipinski definition) is 4. The highest BCUT2D eigenvalue weighted by Crippen LogP contribution is 2.38. The molecule has 0 atom stereocenters. The minimum Gasteiger partial charge on any atom is -0.486 e. The summed E-state index contributed by atoms with van der Waals surface area (Å²) in [6.07, 6.45) is 0. The Labute approximate surface area is 98.7 Å². The van der Waals surface area contributed by atoms with Crippen molar-refractivity contribution in [3.63, 3.8) is 0 Å². The number of fused-ring (bicyclic) bond motifs is 1. The second kappa shape index (κ2) is 4.45. The van der Waals surface area contributed by atoms with Crippen LogP contribution in [0.5, 0.6) is 11.5 Å². The fourth-order valence-corrected chi connectivity index (χ4v) is 1.64. The molecule has 0 aromatic heterocycles. The highest BCUT2D eigenvalue weighted by Gasteiger charge is 2.19. The first kappa shape index (κ1) is 11.4. The molecule has 1 heterocycles. The van der Waals surface area contributed by atoms with Crippen molar-refractivity contribution in [2.24, 2.45) is 0 Å². The van der Waals surface area contributed by atoms with Gasteiger partial charge in [0.05, 0.1) is 5.69 Å². The van der Waals surface area contributed by atoms with Gasteiger partial charge in [-0.3, -0.25) is 9.59 Å². The van der Waals surface area contributed by atoms with E-state index in [1.807, 2.05) is 0 Å². The largest absolute Gasteiger partial charge is 0.486 e. The summed E-state index contributed by atoms with van der Waals surface area (Å²) < 4.78 is 10.8. The molecule has 0 radical (unpaired) electrons. The second-order valence-corrected chi connectivity index (χ2v) is 3.79. The third-order valence-corrected chi connectivity index (χ3v) is 2.36. The summed E-state index contributed by atoms with van der Waals surface area (Å²) in [7, 11) is 0. The van der Waals surface area contributed by atoms with Crippen molar-refractivity contribution < 1.29 is 19.1 Å². The Balaban J connectivity index is 2.49. The molecule has 17 heavy (non-hydrogen) atoms. The quantitative estimate of drug-likeness (QED) is 0.791. The molecule has 1 aliphatic heterocycles. The van der Waals surface area contributed by atoms with Crippen LogP contribution in [0.4, 0.5) is 5.69 Å². The Kier molecular flexibility index (Phi) is 2.99. The van der Waals surface area contributed by atoms with E-state index < -0.39 is 0 Å². The standard InChI is InChI=1S/C12H13NO4/c1-7(14)9-5-10(13-8(2)15)12-11(6-9)16-3-4-17-12/h5-6H,3-4H2,1-2H3,(H,13,15). The molecule has 1 amide bonds. The fourth-order valence-electron chi connectivity index (χ4n) is 1.64. The van der Waals surface area contributed by atoms with Crippen molar-refractivity contribution in [2.45, 2.75) is 13.8 Å². The van der Waals surface area contributed by atoms with Gasteiger partial charge in [-0.15, -0.1) is 0 Å². The molecule has 5 heteroatoms. The second-order valence-electron chi connectivity index (χ2n) is 3.79. The zero-order valence-corrected chi connectivity index (χ0v) is 9.70. The summed E-state index contributed by atoms with van der Waals surface area (Å²) in [6.45, 7) is 3.73. The van der Waals surface area contributed by atoms with Gasteiger partial charge in [0.15, 0.2) is 17.3 Å². The lowest BCUT2D eigenvalue weighted by molar-refractivity contribution is -0.114. The molecule has 5 nitrogen and oxygen atoms in total. The van der Waals surface area contributed by atoms with Crippen LogP contribution in [0.2, 0.25) is 0 Å². The lowest BCUT2D eigenvalue weighted by atomic mass is 10.1. The SMILES string of the molecule is CC(=O)Nc1cc(C(C)=O)cc2c1OCCO2. The maximum Gasteiger partial charge on any atom is 0.221 e. The van der Waals surface area contributed by atoms with Crippen LogP contribution in [0.1, 0.15) is 24.2 Å². The molecule has 0 aliphatic carbocycles. The van der Waals surface area contributed by atoms with Crippen LogP contribution in [0.25, 0.3) is 0 Å². The summed E-state index contributed by atoms with van der Waals surface area (Å²) in [5.41, 5.74) is 0.956. The van der Waals surface area contributed by atoms with Crippen LogP contribution in [-0.2, 0) is 4.79 Å². The molecular formula is C12H13NO4.